The van der Waals surface area contributed by atoms with Crippen LogP contribution in [0.4, 0.5) is 0 Å². The second kappa shape index (κ2) is 13.2. The van der Waals surface area contributed by atoms with Crippen molar-refractivity contribution >= 4 is 40.5 Å². The van der Waals surface area contributed by atoms with Crippen LogP contribution in [0.15, 0.2) is 54.7 Å². The van der Waals surface area contributed by atoms with Gasteiger partial charge in [-0.1, -0.05) is 30.3 Å². The summed E-state index contributed by atoms with van der Waals surface area (Å²) in [6.07, 6.45) is 1.16. The normalized spacial score (nSPS) is 13.9. The molecule has 212 valence electrons. The molecule has 0 aliphatic heterocycles. The van der Waals surface area contributed by atoms with Crippen LogP contribution in [-0.4, -0.2) is 69.0 Å². The molecule has 1 heterocycles. The summed E-state index contributed by atoms with van der Waals surface area (Å²) >= 11 is 0. The van der Waals surface area contributed by atoms with Gasteiger partial charge in [-0.2, -0.15) is 0 Å². The number of nitrogens with one attached hydrogen (secondary N) is 4. The number of para-hydroxylation sites is 1. The molecule has 4 atom stereocenters. The molecule has 0 saturated heterocycles. The Balaban J connectivity index is 1.72. The number of aliphatic carboxylic acids is 1. The van der Waals surface area contributed by atoms with Crippen LogP contribution in [0.1, 0.15) is 24.5 Å². The Bertz CT molecular complexity index is 1390. The van der Waals surface area contributed by atoms with Gasteiger partial charge in [-0.3, -0.25) is 19.2 Å². The predicted octanol–water partition coefficient (Wildman–Crippen LogP) is -0.580. The van der Waals surface area contributed by atoms with Gasteiger partial charge in [0, 0.05) is 23.5 Å². The maximum Gasteiger partial charge on any atom is 0.326 e. The minimum absolute atomic E-state index is 0.0223. The van der Waals surface area contributed by atoms with Gasteiger partial charge >= 0.3 is 5.97 Å². The van der Waals surface area contributed by atoms with Crippen LogP contribution in [0.5, 0.6) is 5.75 Å². The lowest BCUT2D eigenvalue weighted by molar-refractivity contribution is -0.143. The Morgan fingerprint density at radius 3 is 2.17 bits per heavy atom. The molecule has 0 bridgehead atoms. The summed E-state index contributed by atoms with van der Waals surface area (Å²) in [4.78, 5) is 64.7. The largest absolute Gasteiger partial charge is 0.508 e. The van der Waals surface area contributed by atoms with Gasteiger partial charge in [0.2, 0.25) is 23.6 Å². The fourth-order valence-corrected chi connectivity index (χ4v) is 4.06. The highest BCUT2D eigenvalue weighted by Crippen LogP contribution is 2.19. The van der Waals surface area contributed by atoms with Gasteiger partial charge in [-0.15, -0.1) is 0 Å². The third kappa shape index (κ3) is 8.04. The van der Waals surface area contributed by atoms with Gasteiger partial charge in [0.05, 0.1) is 12.5 Å². The molecule has 13 nitrogen and oxygen atoms in total. The first-order valence-electron chi connectivity index (χ1n) is 12.4. The molecule has 1 aromatic heterocycles. The fraction of sp³-hybridized carbons (Fsp3) is 0.296. The number of phenols is 1. The Labute approximate surface area is 229 Å². The van der Waals surface area contributed by atoms with E-state index in [0.29, 0.717) is 11.1 Å². The van der Waals surface area contributed by atoms with Crippen molar-refractivity contribution in [2.24, 2.45) is 11.5 Å². The van der Waals surface area contributed by atoms with Crippen molar-refractivity contribution in [3.8, 4) is 5.75 Å². The summed E-state index contributed by atoms with van der Waals surface area (Å²) in [6.45, 7) is 1.41. The lowest BCUT2D eigenvalue weighted by Crippen LogP contribution is -2.57. The monoisotopic (exact) mass is 552 g/mol. The zero-order chi connectivity index (χ0) is 29.4. The van der Waals surface area contributed by atoms with Crippen LogP contribution >= 0.6 is 0 Å². The summed E-state index contributed by atoms with van der Waals surface area (Å²) in [5.41, 5.74) is 13.3. The highest BCUT2D eigenvalue weighted by molar-refractivity contribution is 5.95. The van der Waals surface area contributed by atoms with E-state index in [0.717, 1.165) is 10.9 Å². The first-order valence-corrected chi connectivity index (χ1v) is 12.4. The van der Waals surface area contributed by atoms with E-state index < -0.39 is 60.2 Å². The van der Waals surface area contributed by atoms with Crippen molar-refractivity contribution < 1.29 is 34.2 Å². The molecule has 0 saturated carbocycles. The van der Waals surface area contributed by atoms with Gasteiger partial charge in [0.15, 0.2) is 0 Å². The van der Waals surface area contributed by atoms with E-state index in [1.165, 1.54) is 19.1 Å². The molecule has 0 radical (unpaired) electrons. The van der Waals surface area contributed by atoms with Crippen molar-refractivity contribution in [1.29, 1.82) is 0 Å². The smallest absolute Gasteiger partial charge is 0.326 e. The zero-order valence-corrected chi connectivity index (χ0v) is 21.7. The van der Waals surface area contributed by atoms with E-state index in [9.17, 15) is 34.2 Å². The van der Waals surface area contributed by atoms with Crippen LogP contribution in [0.2, 0.25) is 0 Å². The van der Waals surface area contributed by atoms with E-state index >= 15 is 0 Å². The number of aromatic nitrogens is 1. The summed E-state index contributed by atoms with van der Waals surface area (Å²) < 4.78 is 0. The predicted molar refractivity (Wildman–Crippen MR) is 145 cm³/mol. The quantitative estimate of drug-likeness (QED) is 0.136. The zero-order valence-electron chi connectivity index (χ0n) is 21.7. The third-order valence-electron chi connectivity index (χ3n) is 6.23. The van der Waals surface area contributed by atoms with Crippen LogP contribution in [0.25, 0.3) is 10.9 Å². The molecule has 0 aliphatic rings. The number of carbonyl (C=O) groups is 5. The maximum absolute atomic E-state index is 13.1. The van der Waals surface area contributed by atoms with Crippen molar-refractivity contribution in [3.63, 3.8) is 0 Å². The first kappa shape index (κ1) is 29.6. The molecule has 2 aromatic carbocycles. The van der Waals surface area contributed by atoms with Crippen LogP contribution in [0, 0.1) is 0 Å². The van der Waals surface area contributed by atoms with Gasteiger partial charge in [-0.05, 0) is 42.7 Å². The van der Waals surface area contributed by atoms with Crippen molar-refractivity contribution in [2.45, 2.75) is 50.4 Å². The van der Waals surface area contributed by atoms with Gasteiger partial charge in [0.1, 0.15) is 23.9 Å². The van der Waals surface area contributed by atoms with E-state index in [-0.39, 0.29) is 18.6 Å². The van der Waals surface area contributed by atoms with E-state index in [4.69, 9.17) is 11.5 Å². The summed E-state index contributed by atoms with van der Waals surface area (Å²) in [7, 11) is 0. The first-order chi connectivity index (χ1) is 18.9. The second-order valence-electron chi connectivity index (χ2n) is 9.40. The van der Waals surface area contributed by atoms with E-state index in [1.807, 2.05) is 18.2 Å². The number of carbonyl (C=O) groups excluding carboxylic acids is 4. The van der Waals surface area contributed by atoms with Crippen LogP contribution < -0.4 is 27.4 Å². The summed E-state index contributed by atoms with van der Waals surface area (Å²) in [6, 6.07) is 8.51. The highest BCUT2D eigenvalue weighted by atomic mass is 16.4. The molecule has 10 N–H and O–H groups in total. The molecule has 3 aromatic rings. The van der Waals surface area contributed by atoms with Crippen LogP contribution in [0.3, 0.4) is 0 Å². The number of rotatable bonds is 13. The van der Waals surface area contributed by atoms with E-state index in [1.54, 1.807) is 24.4 Å². The molecule has 3 rings (SSSR count). The number of amides is 4. The summed E-state index contributed by atoms with van der Waals surface area (Å²) in [5, 5.41) is 26.9. The van der Waals surface area contributed by atoms with Crippen molar-refractivity contribution in [2.75, 3.05) is 0 Å². The van der Waals surface area contributed by atoms with Crippen molar-refractivity contribution in [1.82, 2.24) is 20.9 Å². The lowest BCUT2D eigenvalue weighted by atomic mass is 10.0. The number of aromatic hydroxyl groups is 1. The number of primary amides is 1. The molecule has 0 spiro atoms. The second-order valence-corrected chi connectivity index (χ2v) is 9.40. The molecule has 4 amide bonds. The minimum atomic E-state index is -1.60. The molecule has 0 aliphatic carbocycles. The topological polar surface area (TPSA) is 230 Å². The number of nitrogens with two attached hydrogens (primary N) is 2. The molecule has 4 unspecified atom stereocenters. The molecule has 40 heavy (non-hydrogen) atoms. The van der Waals surface area contributed by atoms with Gasteiger partial charge in [-0.25, -0.2) is 4.79 Å². The number of H-pyrrole nitrogens is 1. The van der Waals surface area contributed by atoms with E-state index in [2.05, 4.69) is 20.9 Å². The average molecular weight is 553 g/mol. The molecule has 0 fully saturated rings. The fourth-order valence-electron chi connectivity index (χ4n) is 4.06. The Hall–Kier alpha value is -4.91. The Morgan fingerprint density at radius 2 is 1.52 bits per heavy atom. The SMILES string of the molecule is CC(NC(=O)C(N)Cc1ccc(O)cc1)C(=O)NC(Cc1c[nH]c2ccccc12)C(=O)NC(CC(N)=O)C(=O)O. The van der Waals surface area contributed by atoms with Crippen LogP contribution in [-0.2, 0) is 36.8 Å². The van der Waals surface area contributed by atoms with Gasteiger partial charge in [0.25, 0.3) is 0 Å². The third-order valence-corrected chi connectivity index (χ3v) is 6.23. The standard InChI is InChI=1S/C27H32N6O7/c1-14(31-25(37)19(28)10-15-6-8-17(34)9-7-15)24(36)32-21(26(38)33-22(27(39)40)12-23(29)35)11-16-13-30-20-5-3-2-4-18(16)20/h2-9,13-14,19,21-22,30,34H,10-12,28H2,1H3,(H2,29,35)(H,31,37)(H,32,36)(H,33,38)(H,39,40). The lowest BCUT2D eigenvalue weighted by Gasteiger charge is -2.23. The van der Waals surface area contributed by atoms with Crippen molar-refractivity contribution in [3.05, 3.63) is 65.9 Å². The number of fused-ring (bicyclic) bond motifs is 1. The highest BCUT2D eigenvalue weighted by Gasteiger charge is 2.30. The number of carboxylic acids is 1. The molecular formula is C27H32N6O7. The Kier molecular flexibility index (Phi) is 9.81. The number of aromatic amines is 1. The maximum atomic E-state index is 13.1. The summed E-state index contributed by atoms with van der Waals surface area (Å²) in [5.74, 6) is -4.50. The average Bonchev–Trinajstić information content (AvgIpc) is 3.31. The number of carboxylic acid groups (broad SMARTS) is 1. The number of phenolic OH excluding ortho intramolecular Hbond substituents is 1. The Morgan fingerprint density at radius 1 is 0.875 bits per heavy atom. The molecule has 13 heteroatoms. The number of benzene rings is 2. The van der Waals surface area contributed by atoms with Gasteiger partial charge < -0.3 is 42.6 Å². The number of hydrogen-bond acceptors (Lipinski definition) is 7. The number of hydrogen-bond donors (Lipinski definition) is 8. The molecular weight excluding hydrogens is 520 g/mol. The minimum Gasteiger partial charge on any atom is -0.508 e.